The molecule has 4 heteroatoms. The van der Waals surface area contributed by atoms with Crippen molar-refractivity contribution in [2.75, 3.05) is 0 Å². The zero-order chi connectivity index (χ0) is 16.7. The topological polar surface area (TPSA) is 42.2 Å². The molecule has 1 aliphatic carbocycles. The first-order chi connectivity index (χ1) is 11.6. The van der Waals surface area contributed by atoms with Gasteiger partial charge in [-0.3, -0.25) is 0 Å². The van der Waals surface area contributed by atoms with Gasteiger partial charge in [0.05, 0.1) is 11.1 Å². The summed E-state index contributed by atoms with van der Waals surface area (Å²) in [7, 11) is 0. The highest BCUT2D eigenvalue weighted by molar-refractivity contribution is 9.10. The van der Waals surface area contributed by atoms with Crippen LogP contribution in [0.15, 0.2) is 46.9 Å². The molecule has 2 aromatic carbocycles. The van der Waals surface area contributed by atoms with Gasteiger partial charge in [-0.25, -0.2) is 4.79 Å². The molecule has 0 bridgehead atoms. The van der Waals surface area contributed by atoms with E-state index in [0.717, 1.165) is 28.2 Å². The van der Waals surface area contributed by atoms with Crippen LogP contribution in [-0.4, -0.2) is 15.6 Å². The minimum Gasteiger partial charge on any atom is -0.478 e. The SMILES string of the molecule is O=C(O)c1cccc2c3c(n(Cc4ccc(Br)cc4)c12)CCCC3. The van der Waals surface area contributed by atoms with Crippen LogP contribution in [0, 0.1) is 0 Å². The Bertz CT molecular complexity index is 925. The van der Waals surface area contributed by atoms with E-state index < -0.39 is 5.97 Å². The molecule has 0 radical (unpaired) electrons. The molecule has 122 valence electrons. The Hall–Kier alpha value is -2.07. The van der Waals surface area contributed by atoms with Crippen molar-refractivity contribution >= 4 is 32.8 Å². The van der Waals surface area contributed by atoms with Crippen molar-refractivity contribution in [1.82, 2.24) is 4.57 Å². The van der Waals surface area contributed by atoms with E-state index in [-0.39, 0.29) is 0 Å². The maximum atomic E-state index is 11.8. The first kappa shape index (κ1) is 15.5. The Morgan fingerprint density at radius 1 is 1.08 bits per heavy atom. The summed E-state index contributed by atoms with van der Waals surface area (Å²) in [4.78, 5) is 11.8. The maximum absolute atomic E-state index is 11.8. The summed E-state index contributed by atoms with van der Waals surface area (Å²) in [6.07, 6.45) is 4.43. The van der Waals surface area contributed by atoms with E-state index in [4.69, 9.17) is 0 Å². The molecule has 0 unspecified atom stereocenters. The van der Waals surface area contributed by atoms with E-state index in [1.807, 2.05) is 18.2 Å². The third-order valence-electron chi connectivity index (χ3n) is 4.88. The van der Waals surface area contributed by atoms with Gasteiger partial charge in [0.15, 0.2) is 0 Å². The lowest BCUT2D eigenvalue weighted by molar-refractivity contribution is 0.0698. The number of carboxylic acid groups (broad SMARTS) is 1. The standard InChI is InChI=1S/C20H18BrNO2/c21-14-10-8-13(9-11-14)12-22-18-7-2-1-4-15(18)16-5-3-6-17(19(16)22)20(23)24/h3,5-6,8-11H,1-2,4,7,12H2,(H,23,24). The molecule has 3 aromatic rings. The number of aromatic carboxylic acids is 1. The number of hydrogen-bond acceptors (Lipinski definition) is 1. The van der Waals surface area contributed by atoms with E-state index in [1.165, 1.54) is 29.7 Å². The van der Waals surface area contributed by atoms with Crippen molar-refractivity contribution < 1.29 is 9.90 Å². The summed E-state index contributed by atoms with van der Waals surface area (Å²) in [6, 6.07) is 13.9. The Morgan fingerprint density at radius 3 is 2.58 bits per heavy atom. The molecule has 24 heavy (non-hydrogen) atoms. The number of rotatable bonds is 3. The molecule has 0 aliphatic heterocycles. The minimum atomic E-state index is -0.854. The molecule has 3 nitrogen and oxygen atoms in total. The quantitative estimate of drug-likeness (QED) is 0.688. The van der Waals surface area contributed by atoms with Gasteiger partial charge in [-0.1, -0.05) is 40.2 Å². The van der Waals surface area contributed by atoms with Gasteiger partial charge in [0.1, 0.15) is 0 Å². The molecule has 1 heterocycles. The lowest BCUT2D eigenvalue weighted by Crippen LogP contribution is -2.10. The highest BCUT2D eigenvalue weighted by atomic mass is 79.9. The molecule has 1 N–H and O–H groups in total. The number of aromatic nitrogens is 1. The van der Waals surface area contributed by atoms with Gasteiger partial charge in [0.2, 0.25) is 0 Å². The van der Waals surface area contributed by atoms with E-state index in [1.54, 1.807) is 6.07 Å². The van der Waals surface area contributed by atoms with Gasteiger partial charge in [0.25, 0.3) is 0 Å². The van der Waals surface area contributed by atoms with Crippen molar-refractivity contribution in [1.29, 1.82) is 0 Å². The molecule has 0 spiro atoms. The number of carbonyl (C=O) groups is 1. The lowest BCUT2D eigenvalue weighted by Gasteiger charge is -2.16. The first-order valence-electron chi connectivity index (χ1n) is 8.26. The average molecular weight is 384 g/mol. The molecule has 0 atom stereocenters. The third kappa shape index (κ3) is 2.55. The Kier molecular flexibility index (Phi) is 3.93. The largest absolute Gasteiger partial charge is 0.478 e. The fourth-order valence-electron chi connectivity index (χ4n) is 3.81. The number of hydrogen-bond donors (Lipinski definition) is 1. The molecular formula is C20H18BrNO2. The highest BCUT2D eigenvalue weighted by Gasteiger charge is 2.23. The first-order valence-corrected chi connectivity index (χ1v) is 9.05. The smallest absolute Gasteiger partial charge is 0.337 e. The van der Waals surface area contributed by atoms with E-state index in [0.29, 0.717) is 12.1 Å². The van der Waals surface area contributed by atoms with Crippen molar-refractivity contribution in [2.45, 2.75) is 32.2 Å². The van der Waals surface area contributed by atoms with Crippen LogP contribution in [0.5, 0.6) is 0 Å². The monoisotopic (exact) mass is 383 g/mol. The second-order valence-corrected chi connectivity index (χ2v) is 7.27. The molecular weight excluding hydrogens is 366 g/mol. The number of nitrogens with zero attached hydrogens (tertiary/aromatic N) is 1. The van der Waals surface area contributed by atoms with Crippen LogP contribution in [0.3, 0.4) is 0 Å². The second kappa shape index (κ2) is 6.10. The molecule has 0 saturated heterocycles. The van der Waals surface area contributed by atoms with E-state index in [2.05, 4.69) is 38.7 Å². The summed E-state index contributed by atoms with van der Waals surface area (Å²) >= 11 is 3.47. The molecule has 4 rings (SSSR count). The molecule has 1 aliphatic rings. The molecule has 0 saturated carbocycles. The Balaban J connectivity index is 1.95. The van der Waals surface area contributed by atoms with Crippen LogP contribution in [0.2, 0.25) is 0 Å². The van der Waals surface area contributed by atoms with Gasteiger partial charge in [-0.2, -0.15) is 0 Å². The van der Waals surface area contributed by atoms with Crippen LogP contribution in [0.25, 0.3) is 10.9 Å². The summed E-state index contributed by atoms with van der Waals surface area (Å²) in [5.41, 5.74) is 5.12. The predicted octanol–water partition coefficient (Wildman–Crippen LogP) is 5.03. The van der Waals surface area contributed by atoms with Gasteiger partial charge in [-0.15, -0.1) is 0 Å². The van der Waals surface area contributed by atoms with Gasteiger partial charge < -0.3 is 9.67 Å². The van der Waals surface area contributed by atoms with Crippen LogP contribution in [-0.2, 0) is 19.4 Å². The number of carboxylic acids is 1. The minimum absolute atomic E-state index is 0.402. The van der Waals surface area contributed by atoms with Crippen molar-refractivity contribution in [2.24, 2.45) is 0 Å². The fourth-order valence-corrected chi connectivity index (χ4v) is 4.07. The number of halogens is 1. The van der Waals surface area contributed by atoms with Gasteiger partial charge in [0, 0.05) is 22.1 Å². The zero-order valence-corrected chi connectivity index (χ0v) is 14.8. The van der Waals surface area contributed by atoms with Crippen LogP contribution in [0.1, 0.15) is 40.0 Å². The lowest BCUT2D eigenvalue weighted by atomic mass is 9.95. The molecule has 0 fully saturated rings. The maximum Gasteiger partial charge on any atom is 0.337 e. The zero-order valence-electron chi connectivity index (χ0n) is 13.3. The summed E-state index contributed by atoms with van der Waals surface area (Å²) in [5.74, 6) is -0.854. The number of benzene rings is 2. The average Bonchev–Trinajstić information content (AvgIpc) is 2.91. The molecule has 1 aromatic heterocycles. The number of fused-ring (bicyclic) bond motifs is 3. The third-order valence-corrected chi connectivity index (χ3v) is 5.41. The normalized spacial score (nSPS) is 13.9. The van der Waals surface area contributed by atoms with Crippen molar-refractivity contribution in [3.63, 3.8) is 0 Å². The van der Waals surface area contributed by atoms with Gasteiger partial charge in [-0.05, 0) is 55.0 Å². The van der Waals surface area contributed by atoms with Crippen molar-refractivity contribution in [3.8, 4) is 0 Å². The Labute approximate surface area is 149 Å². The van der Waals surface area contributed by atoms with E-state index in [9.17, 15) is 9.90 Å². The van der Waals surface area contributed by atoms with Crippen LogP contribution in [0.4, 0.5) is 0 Å². The molecule has 0 amide bonds. The second-order valence-electron chi connectivity index (χ2n) is 6.35. The van der Waals surface area contributed by atoms with Crippen molar-refractivity contribution in [3.05, 3.63) is 69.3 Å². The number of para-hydroxylation sites is 1. The van der Waals surface area contributed by atoms with Gasteiger partial charge >= 0.3 is 5.97 Å². The number of aryl methyl sites for hydroxylation is 1. The predicted molar refractivity (Wildman–Crippen MR) is 98.8 cm³/mol. The highest BCUT2D eigenvalue weighted by Crippen LogP contribution is 2.34. The Morgan fingerprint density at radius 2 is 1.83 bits per heavy atom. The fraction of sp³-hybridized carbons (Fsp3) is 0.250. The summed E-state index contributed by atoms with van der Waals surface area (Å²) < 4.78 is 3.29. The van der Waals surface area contributed by atoms with Crippen LogP contribution >= 0.6 is 15.9 Å². The van der Waals surface area contributed by atoms with E-state index >= 15 is 0 Å². The summed E-state index contributed by atoms with van der Waals surface area (Å²) in [6.45, 7) is 0.712. The summed E-state index contributed by atoms with van der Waals surface area (Å²) in [5, 5.41) is 10.8. The van der Waals surface area contributed by atoms with Crippen LogP contribution < -0.4 is 0 Å².